The molecule has 3 aromatic rings. The van der Waals surface area contributed by atoms with E-state index in [1.165, 1.54) is 12.1 Å². The number of rotatable bonds is 6. The number of hydrogen-bond donors (Lipinski definition) is 0. The van der Waals surface area contributed by atoms with E-state index >= 15 is 0 Å². The average Bonchev–Trinajstić information content (AvgIpc) is 2.74. The summed E-state index contributed by atoms with van der Waals surface area (Å²) < 4.78 is 31.0. The maximum Gasteiger partial charge on any atom is 0.350 e. The lowest BCUT2D eigenvalue weighted by Gasteiger charge is -2.29. The molecule has 3 rings (SSSR count). The first-order valence-electron chi connectivity index (χ1n) is 10.4. The predicted molar refractivity (Wildman–Crippen MR) is 127 cm³/mol. The van der Waals surface area contributed by atoms with E-state index in [0.29, 0.717) is 17.0 Å². The minimum atomic E-state index is -1.31. The predicted octanol–water partition coefficient (Wildman–Crippen LogP) is 6.72. The number of ether oxygens (including phenoxy) is 3. The van der Waals surface area contributed by atoms with E-state index in [1.54, 1.807) is 53.9 Å². The Labute approximate surface area is 198 Å². The molecule has 0 N–H and O–H groups in total. The lowest BCUT2D eigenvalue weighted by atomic mass is 10.0. The summed E-state index contributed by atoms with van der Waals surface area (Å²) >= 11 is 5.85. The van der Waals surface area contributed by atoms with Crippen LogP contribution in [0, 0.1) is 5.82 Å². The topological polar surface area (TPSA) is 57.7 Å². The largest absolute Gasteiger partial charge is 0.497 e. The van der Waals surface area contributed by atoms with Gasteiger partial charge < -0.3 is 14.2 Å². The van der Waals surface area contributed by atoms with Crippen LogP contribution in [0.1, 0.15) is 34.6 Å². The first kappa shape index (κ1) is 24.5. The van der Waals surface area contributed by atoms with E-state index in [2.05, 4.69) is 4.98 Å². The molecule has 7 heteroatoms. The molecule has 33 heavy (non-hydrogen) atoms. The summed E-state index contributed by atoms with van der Waals surface area (Å²) in [5, 5.41) is 0.0187. The van der Waals surface area contributed by atoms with Crippen LogP contribution in [-0.2, 0) is 9.53 Å². The molecule has 174 valence electrons. The number of carbonyl (C=O) groups excluding carboxylic acids is 1. The van der Waals surface area contributed by atoms with Crippen molar-refractivity contribution in [2.45, 2.75) is 45.8 Å². The summed E-state index contributed by atoms with van der Waals surface area (Å²) in [4.78, 5) is 17.2. The molecular formula is C26H27ClFNO4. The standard InChI is InChI=1S/C26H27ClFNO4/c1-25(2,3)33-24(30)26(4,5)32-23-15-18(16-8-7-9-19(12-16)31-6)14-22(29-23)17-10-11-20(27)21(28)13-17/h7-15H,1-6H3. The Morgan fingerprint density at radius 1 is 0.939 bits per heavy atom. The second-order valence-corrected chi connectivity index (χ2v) is 9.46. The second kappa shape index (κ2) is 9.40. The minimum Gasteiger partial charge on any atom is -0.497 e. The van der Waals surface area contributed by atoms with Gasteiger partial charge in [0.25, 0.3) is 0 Å². The summed E-state index contributed by atoms with van der Waals surface area (Å²) in [5.41, 5.74) is 0.592. The zero-order chi connectivity index (χ0) is 24.4. The van der Waals surface area contributed by atoms with Crippen LogP contribution in [0.5, 0.6) is 11.6 Å². The van der Waals surface area contributed by atoms with E-state index in [-0.39, 0.29) is 10.9 Å². The summed E-state index contributed by atoms with van der Waals surface area (Å²) in [6, 6.07) is 15.5. The molecule has 0 unspecified atom stereocenters. The Bertz CT molecular complexity index is 1170. The van der Waals surface area contributed by atoms with Crippen molar-refractivity contribution < 1.29 is 23.4 Å². The van der Waals surface area contributed by atoms with Gasteiger partial charge in [-0.1, -0.05) is 29.8 Å². The highest BCUT2D eigenvalue weighted by molar-refractivity contribution is 6.30. The molecule has 0 aliphatic carbocycles. The maximum atomic E-state index is 14.2. The molecule has 0 atom stereocenters. The van der Waals surface area contributed by atoms with Crippen LogP contribution in [0.3, 0.4) is 0 Å². The lowest BCUT2D eigenvalue weighted by Crippen LogP contribution is -2.43. The molecule has 0 saturated heterocycles. The fourth-order valence-corrected chi connectivity index (χ4v) is 3.15. The molecule has 5 nitrogen and oxygen atoms in total. The summed E-state index contributed by atoms with van der Waals surface area (Å²) in [7, 11) is 1.59. The van der Waals surface area contributed by atoms with Crippen molar-refractivity contribution in [1.29, 1.82) is 0 Å². The van der Waals surface area contributed by atoms with Gasteiger partial charge in [-0.15, -0.1) is 0 Å². The molecule has 0 radical (unpaired) electrons. The molecule has 2 aromatic carbocycles. The van der Waals surface area contributed by atoms with E-state index in [4.69, 9.17) is 25.8 Å². The van der Waals surface area contributed by atoms with Gasteiger partial charge in [-0.2, -0.15) is 0 Å². The van der Waals surface area contributed by atoms with Gasteiger partial charge in [0.05, 0.1) is 17.8 Å². The third-order valence-electron chi connectivity index (χ3n) is 4.67. The molecule has 0 fully saturated rings. The minimum absolute atomic E-state index is 0.0187. The SMILES string of the molecule is COc1cccc(-c2cc(OC(C)(C)C(=O)OC(C)(C)C)nc(-c3ccc(Cl)c(F)c3)c2)c1. The zero-order valence-corrected chi connectivity index (χ0v) is 20.3. The highest BCUT2D eigenvalue weighted by Gasteiger charge is 2.35. The third kappa shape index (κ3) is 6.23. The van der Waals surface area contributed by atoms with Crippen LogP contribution in [0.4, 0.5) is 4.39 Å². The Hall–Kier alpha value is -3.12. The number of hydrogen-bond acceptors (Lipinski definition) is 5. The third-order valence-corrected chi connectivity index (χ3v) is 4.98. The second-order valence-electron chi connectivity index (χ2n) is 9.05. The average molecular weight is 472 g/mol. The van der Waals surface area contributed by atoms with E-state index in [0.717, 1.165) is 11.1 Å². The van der Waals surface area contributed by atoms with Crippen molar-refractivity contribution >= 4 is 17.6 Å². The highest BCUT2D eigenvalue weighted by Crippen LogP contribution is 2.33. The van der Waals surface area contributed by atoms with Crippen LogP contribution in [0.15, 0.2) is 54.6 Å². The molecule has 1 heterocycles. The van der Waals surface area contributed by atoms with Gasteiger partial charge in [-0.3, -0.25) is 0 Å². The fourth-order valence-electron chi connectivity index (χ4n) is 3.03. The summed E-state index contributed by atoms with van der Waals surface area (Å²) in [6.07, 6.45) is 0. The highest BCUT2D eigenvalue weighted by atomic mass is 35.5. The van der Waals surface area contributed by atoms with Gasteiger partial charge >= 0.3 is 5.97 Å². The Balaban J connectivity index is 2.08. The van der Waals surface area contributed by atoms with Crippen molar-refractivity contribution in [3.63, 3.8) is 0 Å². The lowest BCUT2D eigenvalue weighted by molar-refractivity contribution is -0.171. The van der Waals surface area contributed by atoms with Gasteiger partial charge in [0, 0.05) is 11.6 Å². The molecule has 0 aliphatic heterocycles. The van der Waals surface area contributed by atoms with Gasteiger partial charge in [0.15, 0.2) is 0 Å². The van der Waals surface area contributed by atoms with Crippen LogP contribution in [-0.4, -0.2) is 29.3 Å². The van der Waals surface area contributed by atoms with E-state index < -0.39 is 23.0 Å². The Morgan fingerprint density at radius 3 is 2.30 bits per heavy atom. The zero-order valence-electron chi connectivity index (χ0n) is 19.5. The van der Waals surface area contributed by atoms with Crippen molar-refractivity contribution in [3.05, 3.63) is 65.4 Å². The molecule has 0 aliphatic rings. The monoisotopic (exact) mass is 471 g/mol. The van der Waals surface area contributed by atoms with Crippen molar-refractivity contribution in [1.82, 2.24) is 4.98 Å². The van der Waals surface area contributed by atoms with Crippen molar-refractivity contribution in [2.24, 2.45) is 0 Å². The summed E-state index contributed by atoms with van der Waals surface area (Å²) in [6.45, 7) is 8.59. The Kier molecular flexibility index (Phi) is 6.98. The first-order valence-corrected chi connectivity index (χ1v) is 10.8. The van der Waals surface area contributed by atoms with Crippen LogP contribution in [0.2, 0.25) is 5.02 Å². The molecular weight excluding hydrogens is 445 g/mol. The first-order chi connectivity index (χ1) is 15.4. The number of benzene rings is 2. The van der Waals surface area contributed by atoms with Gasteiger partial charge in [-0.05, 0) is 76.1 Å². The smallest absolute Gasteiger partial charge is 0.350 e. The number of carbonyl (C=O) groups is 1. The van der Waals surface area contributed by atoms with Crippen LogP contribution >= 0.6 is 11.6 Å². The van der Waals surface area contributed by atoms with Crippen LogP contribution in [0.25, 0.3) is 22.4 Å². The van der Waals surface area contributed by atoms with Gasteiger partial charge in [0.1, 0.15) is 17.2 Å². The van der Waals surface area contributed by atoms with Crippen LogP contribution < -0.4 is 9.47 Å². The fraction of sp³-hybridized carbons (Fsp3) is 0.308. The molecule has 0 amide bonds. The number of methoxy groups -OCH3 is 1. The number of aromatic nitrogens is 1. The van der Waals surface area contributed by atoms with Gasteiger partial charge in [-0.25, -0.2) is 14.2 Å². The quantitative estimate of drug-likeness (QED) is 0.374. The number of halogens is 2. The van der Waals surface area contributed by atoms with E-state index in [9.17, 15) is 9.18 Å². The number of nitrogens with zero attached hydrogens (tertiary/aromatic N) is 1. The van der Waals surface area contributed by atoms with Gasteiger partial charge in [0.2, 0.25) is 11.5 Å². The normalized spacial score (nSPS) is 11.8. The van der Waals surface area contributed by atoms with E-state index in [1.807, 2.05) is 30.3 Å². The number of esters is 1. The van der Waals surface area contributed by atoms with Crippen molar-refractivity contribution in [2.75, 3.05) is 7.11 Å². The molecule has 0 bridgehead atoms. The molecule has 0 spiro atoms. The molecule has 1 aromatic heterocycles. The number of pyridine rings is 1. The maximum absolute atomic E-state index is 14.2. The molecule has 0 saturated carbocycles. The summed E-state index contributed by atoms with van der Waals surface area (Å²) in [5.74, 6) is -0.210. The Morgan fingerprint density at radius 2 is 1.67 bits per heavy atom. The van der Waals surface area contributed by atoms with Crippen molar-refractivity contribution in [3.8, 4) is 34.0 Å².